The summed E-state index contributed by atoms with van der Waals surface area (Å²) in [7, 11) is 1.76. The fourth-order valence-electron chi connectivity index (χ4n) is 1.62. The number of hydrogen-bond acceptors (Lipinski definition) is 3. The van der Waals surface area contributed by atoms with E-state index in [9.17, 15) is 4.79 Å². The van der Waals surface area contributed by atoms with Gasteiger partial charge in [0.25, 0.3) is 0 Å². The van der Waals surface area contributed by atoms with Crippen molar-refractivity contribution in [2.45, 2.75) is 33.7 Å². The Morgan fingerprint density at radius 1 is 1.56 bits per heavy atom. The van der Waals surface area contributed by atoms with Gasteiger partial charge in [-0.2, -0.15) is 0 Å². The summed E-state index contributed by atoms with van der Waals surface area (Å²) in [5.41, 5.74) is 1.78. The summed E-state index contributed by atoms with van der Waals surface area (Å²) in [6.45, 7) is 8.26. The highest BCUT2D eigenvalue weighted by Gasteiger charge is 2.19. The van der Waals surface area contributed by atoms with Gasteiger partial charge in [-0.1, -0.05) is 5.16 Å². The Balaban J connectivity index is 2.73. The molecule has 1 atom stereocenters. The van der Waals surface area contributed by atoms with Gasteiger partial charge in [-0.25, -0.2) is 4.79 Å². The molecule has 5 nitrogen and oxygen atoms in total. The summed E-state index contributed by atoms with van der Waals surface area (Å²) in [6.07, 6.45) is 0. The first-order valence-corrected chi connectivity index (χ1v) is 5.41. The van der Waals surface area contributed by atoms with E-state index in [1.807, 2.05) is 27.7 Å². The normalized spacial score (nSPS) is 12.3. The second-order valence-electron chi connectivity index (χ2n) is 3.92. The number of amides is 2. The molecule has 0 fully saturated rings. The Morgan fingerprint density at radius 2 is 2.19 bits per heavy atom. The fraction of sp³-hybridized carbons (Fsp3) is 0.636. The SMILES string of the molecule is CCN(C)C(=O)NC(C)c1c(C)noc1C. The summed E-state index contributed by atoms with van der Waals surface area (Å²) in [4.78, 5) is 13.3. The zero-order valence-corrected chi connectivity index (χ0v) is 10.5. The number of nitrogens with one attached hydrogen (secondary N) is 1. The zero-order valence-electron chi connectivity index (χ0n) is 10.5. The molecule has 0 aliphatic heterocycles. The molecular formula is C11H19N3O2. The van der Waals surface area contributed by atoms with E-state index < -0.39 is 0 Å². The van der Waals surface area contributed by atoms with Crippen LogP contribution in [0.15, 0.2) is 4.52 Å². The molecule has 0 aromatic carbocycles. The fourth-order valence-corrected chi connectivity index (χ4v) is 1.62. The van der Waals surface area contributed by atoms with Crippen molar-refractivity contribution >= 4 is 6.03 Å². The van der Waals surface area contributed by atoms with Crippen LogP contribution in [0, 0.1) is 13.8 Å². The van der Waals surface area contributed by atoms with Gasteiger partial charge >= 0.3 is 6.03 Å². The van der Waals surface area contributed by atoms with Crippen molar-refractivity contribution in [3.8, 4) is 0 Å². The molecule has 1 N–H and O–H groups in total. The monoisotopic (exact) mass is 225 g/mol. The van der Waals surface area contributed by atoms with E-state index in [0.717, 1.165) is 17.0 Å². The summed E-state index contributed by atoms with van der Waals surface area (Å²) in [5, 5.41) is 6.77. The first-order valence-electron chi connectivity index (χ1n) is 5.41. The van der Waals surface area contributed by atoms with Crippen LogP contribution in [-0.2, 0) is 0 Å². The van der Waals surface area contributed by atoms with Crippen molar-refractivity contribution < 1.29 is 9.32 Å². The van der Waals surface area contributed by atoms with E-state index in [1.165, 1.54) is 0 Å². The second-order valence-corrected chi connectivity index (χ2v) is 3.92. The van der Waals surface area contributed by atoms with E-state index in [1.54, 1.807) is 11.9 Å². The molecule has 0 aliphatic rings. The molecule has 1 unspecified atom stereocenters. The van der Waals surface area contributed by atoms with Crippen molar-refractivity contribution in [1.29, 1.82) is 0 Å². The van der Waals surface area contributed by atoms with Gasteiger partial charge in [0.05, 0.1) is 11.7 Å². The molecule has 2 amide bonds. The predicted octanol–water partition coefficient (Wildman–Crippen LogP) is 2.01. The molecule has 0 bridgehead atoms. The summed E-state index contributed by atoms with van der Waals surface area (Å²) in [5.74, 6) is 0.754. The Bertz CT molecular complexity index is 354. The van der Waals surface area contributed by atoms with Gasteiger partial charge in [-0.15, -0.1) is 0 Å². The zero-order chi connectivity index (χ0) is 12.3. The minimum Gasteiger partial charge on any atom is -0.361 e. The standard InChI is InChI=1S/C11H19N3O2/c1-6-14(5)11(15)12-7(2)10-8(3)13-16-9(10)4/h7H,6H2,1-5H3,(H,12,15). The first kappa shape index (κ1) is 12.5. The van der Waals surface area contributed by atoms with Gasteiger partial charge in [-0.05, 0) is 27.7 Å². The lowest BCUT2D eigenvalue weighted by Gasteiger charge is -2.19. The van der Waals surface area contributed by atoms with E-state index in [2.05, 4.69) is 10.5 Å². The minimum atomic E-state index is -0.0900. The number of aromatic nitrogens is 1. The van der Waals surface area contributed by atoms with E-state index >= 15 is 0 Å². The number of nitrogens with zero attached hydrogens (tertiary/aromatic N) is 2. The molecule has 1 aromatic rings. The van der Waals surface area contributed by atoms with Gasteiger partial charge in [0, 0.05) is 19.2 Å². The highest BCUT2D eigenvalue weighted by molar-refractivity contribution is 5.74. The molecule has 0 saturated heterocycles. The van der Waals surface area contributed by atoms with Gasteiger partial charge < -0.3 is 14.7 Å². The topological polar surface area (TPSA) is 58.4 Å². The maximum absolute atomic E-state index is 11.7. The van der Waals surface area contributed by atoms with Crippen LogP contribution >= 0.6 is 0 Å². The maximum atomic E-state index is 11.7. The third-order valence-electron chi connectivity index (χ3n) is 2.68. The molecule has 1 rings (SSSR count). The maximum Gasteiger partial charge on any atom is 0.317 e. The van der Waals surface area contributed by atoms with Gasteiger partial charge in [0.1, 0.15) is 5.76 Å². The summed E-state index contributed by atoms with van der Waals surface area (Å²) < 4.78 is 5.07. The van der Waals surface area contributed by atoms with Crippen LogP contribution in [-0.4, -0.2) is 29.7 Å². The second kappa shape index (κ2) is 5.01. The number of carbonyl (C=O) groups is 1. The van der Waals surface area contributed by atoms with Crippen LogP contribution in [0.2, 0.25) is 0 Å². The Morgan fingerprint density at radius 3 is 2.62 bits per heavy atom. The summed E-state index contributed by atoms with van der Waals surface area (Å²) in [6, 6.07) is -0.178. The average molecular weight is 225 g/mol. The Hall–Kier alpha value is -1.52. The molecule has 1 aromatic heterocycles. The number of hydrogen-bond donors (Lipinski definition) is 1. The van der Waals surface area contributed by atoms with Crippen molar-refractivity contribution in [3.63, 3.8) is 0 Å². The number of urea groups is 1. The van der Waals surface area contributed by atoms with Gasteiger partial charge in [0.15, 0.2) is 0 Å². The van der Waals surface area contributed by atoms with Crippen LogP contribution in [0.3, 0.4) is 0 Å². The third-order valence-corrected chi connectivity index (χ3v) is 2.68. The quantitative estimate of drug-likeness (QED) is 0.856. The van der Waals surface area contributed by atoms with Crippen molar-refractivity contribution in [2.75, 3.05) is 13.6 Å². The highest BCUT2D eigenvalue weighted by Crippen LogP contribution is 2.20. The smallest absolute Gasteiger partial charge is 0.317 e. The molecule has 5 heteroatoms. The molecule has 90 valence electrons. The van der Waals surface area contributed by atoms with E-state index in [0.29, 0.717) is 6.54 Å². The van der Waals surface area contributed by atoms with Crippen molar-refractivity contribution in [2.24, 2.45) is 0 Å². The van der Waals surface area contributed by atoms with Crippen LogP contribution < -0.4 is 5.32 Å². The van der Waals surface area contributed by atoms with Crippen LogP contribution in [0.4, 0.5) is 4.79 Å². The van der Waals surface area contributed by atoms with E-state index in [4.69, 9.17) is 4.52 Å². The molecule has 0 aliphatic carbocycles. The average Bonchev–Trinajstić information content (AvgIpc) is 2.57. The largest absolute Gasteiger partial charge is 0.361 e. The molecule has 0 saturated carbocycles. The molecule has 0 radical (unpaired) electrons. The summed E-state index contributed by atoms with van der Waals surface area (Å²) >= 11 is 0. The predicted molar refractivity (Wildman–Crippen MR) is 61.2 cm³/mol. The van der Waals surface area contributed by atoms with Crippen LogP contribution in [0.25, 0.3) is 0 Å². The van der Waals surface area contributed by atoms with Gasteiger partial charge in [-0.3, -0.25) is 0 Å². The lowest BCUT2D eigenvalue weighted by atomic mass is 10.1. The van der Waals surface area contributed by atoms with Crippen molar-refractivity contribution in [1.82, 2.24) is 15.4 Å². The van der Waals surface area contributed by atoms with Crippen molar-refractivity contribution in [3.05, 3.63) is 17.0 Å². The number of aryl methyl sites for hydroxylation is 2. The Labute approximate surface area is 95.8 Å². The van der Waals surface area contributed by atoms with E-state index in [-0.39, 0.29) is 12.1 Å². The molecular weight excluding hydrogens is 206 g/mol. The van der Waals surface area contributed by atoms with Gasteiger partial charge in [0.2, 0.25) is 0 Å². The molecule has 0 spiro atoms. The van der Waals surface area contributed by atoms with Crippen LogP contribution in [0.5, 0.6) is 0 Å². The Kier molecular flexibility index (Phi) is 3.93. The molecule has 1 heterocycles. The lowest BCUT2D eigenvalue weighted by molar-refractivity contribution is 0.207. The highest BCUT2D eigenvalue weighted by atomic mass is 16.5. The lowest BCUT2D eigenvalue weighted by Crippen LogP contribution is -2.38. The molecule has 16 heavy (non-hydrogen) atoms. The number of carbonyl (C=O) groups excluding carboxylic acids is 1. The third kappa shape index (κ3) is 2.53. The first-order chi connectivity index (χ1) is 7.47. The minimum absolute atomic E-state index is 0.0880. The van der Waals surface area contributed by atoms with Crippen LogP contribution in [0.1, 0.15) is 36.9 Å². The number of rotatable bonds is 3.